The van der Waals surface area contributed by atoms with E-state index in [1.54, 1.807) is 6.07 Å². The molecule has 3 unspecified atom stereocenters. The lowest BCUT2D eigenvalue weighted by atomic mass is 9.77. The van der Waals surface area contributed by atoms with Gasteiger partial charge in [-0.05, 0) is 49.3 Å². The van der Waals surface area contributed by atoms with Crippen LogP contribution in [0, 0.1) is 11.8 Å². The Balaban J connectivity index is 2.02. The van der Waals surface area contributed by atoms with E-state index in [4.69, 9.17) is 0 Å². The summed E-state index contributed by atoms with van der Waals surface area (Å²) in [6.45, 7) is 6.87. The van der Waals surface area contributed by atoms with Crippen LogP contribution in [0.3, 0.4) is 0 Å². The summed E-state index contributed by atoms with van der Waals surface area (Å²) >= 11 is 0. The molecule has 0 bridgehead atoms. The highest BCUT2D eigenvalue weighted by atomic mass is 16.3. The summed E-state index contributed by atoms with van der Waals surface area (Å²) in [6, 6.07) is 8.52. The number of rotatable bonds is 4. The van der Waals surface area contributed by atoms with E-state index in [-0.39, 0.29) is 0 Å². The van der Waals surface area contributed by atoms with Crippen LogP contribution < -0.4 is 5.32 Å². The van der Waals surface area contributed by atoms with Crippen molar-refractivity contribution >= 4 is 0 Å². The van der Waals surface area contributed by atoms with Crippen LogP contribution in [0.15, 0.2) is 24.3 Å². The monoisotopic (exact) mass is 261 g/mol. The van der Waals surface area contributed by atoms with Crippen molar-refractivity contribution in [1.29, 1.82) is 0 Å². The summed E-state index contributed by atoms with van der Waals surface area (Å²) in [5.41, 5.74) is 1.17. The summed E-state index contributed by atoms with van der Waals surface area (Å²) in [5, 5.41) is 13.4. The highest BCUT2D eigenvalue weighted by Crippen LogP contribution is 2.32. The second kappa shape index (κ2) is 6.42. The fourth-order valence-electron chi connectivity index (χ4n) is 3.38. The van der Waals surface area contributed by atoms with Crippen molar-refractivity contribution in [2.24, 2.45) is 11.8 Å². The lowest BCUT2D eigenvalue weighted by Crippen LogP contribution is -2.42. The van der Waals surface area contributed by atoms with Crippen molar-refractivity contribution in [2.45, 2.75) is 58.5 Å². The number of benzene rings is 1. The maximum atomic E-state index is 9.58. The van der Waals surface area contributed by atoms with Gasteiger partial charge in [-0.2, -0.15) is 0 Å². The van der Waals surface area contributed by atoms with Gasteiger partial charge in [-0.3, -0.25) is 0 Å². The quantitative estimate of drug-likeness (QED) is 0.849. The van der Waals surface area contributed by atoms with Crippen LogP contribution in [0.2, 0.25) is 0 Å². The largest absolute Gasteiger partial charge is 0.508 e. The summed E-state index contributed by atoms with van der Waals surface area (Å²) in [4.78, 5) is 0. The third-order valence-electron chi connectivity index (χ3n) is 4.51. The zero-order valence-electron chi connectivity index (χ0n) is 12.4. The van der Waals surface area contributed by atoms with E-state index in [2.05, 4.69) is 32.2 Å². The van der Waals surface area contributed by atoms with Gasteiger partial charge in [-0.1, -0.05) is 38.8 Å². The first-order valence-corrected chi connectivity index (χ1v) is 7.63. The van der Waals surface area contributed by atoms with E-state index < -0.39 is 0 Å². The maximum Gasteiger partial charge on any atom is 0.115 e. The average Bonchev–Trinajstić information content (AvgIpc) is 2.39. The third kappa shape index (κ3) is 3.73. The molecule has 1 aromatic carbocycles. The first-order chi connectivity index (χ1) is 9.08. The second-order valence-electron chi connectivity index (χ2n) is 6.28. The summed E-state index contributed by atoms with van der Waals surface area (Å²) in [6.07, 6.45) is 5.35. The van der Waals surface area contributed by atoms with Gasteiger partial charge in [0.1, 0.15) is 5.75 Å². The van der Waals surface area contributed by atoms with Crippen LogP contribution in [-0.4, -0.2) is 11.1 Å². The number of phenolic OH excluding ortho intramolecular Hbond substituents is 1. The van der Waals surface area contributed by atoms with Crippen molar-refractivity contribution in [1.82, 2.24) is 5.32 Å². The van der Waals surface area contributed by atoms with E-state index >= 15 is 0 Å². The third-order valence-corrected chi connectivity index (χ3v) is 4.51. The number of nitrogens with one attached hydrogen (secondary N) is 1. The van der Waals surface area contributed by atoms with Crippen LogP contribution in [0.1, 0.15) is 58.1 Å². The minimum atomic E-state index is 0.302. The summed E-state index contributed by atoms with van der Waals surface area (Å²) < 4.78 is 0. The Bertz CT molecular complexity index is 402. The van der Waals surface area contributed by atoms with Gasteiger partial charge in [0.05, 0.1) is 0 Å². The molecule has 1 saturated carbocycles. The van der Waals surface area contributed by atoms with E-state index in [1.807, 2.05) is 12.1 Å². The molecule has 106 valence electrons. The Morgan fingerprint density at radius 3 is 2.58 bits per heavy atom. The molecule has 0 radical (unpaired) electrons. The topological polar surface area (TPSA) is 32.3 Å². The molecule has 0 aromatic heterocycles. The molecule has 1 aliphatic rings. The molecule has 1 aliphatic carbocycles. The number of hydrogen-bond donors (Lipinski definition) is 2. The van der Waals surface area contributed by atoms with Crippen molar-refractivity contribution in [2.75, 3.05) is 0 Å². The summed E-state index contributed by atoms with van der Waals surface area (Å²) in [5.74, 6) is 1.89. The van der Waals surface area contributed by atoms with Crippen molar-refractivity contribution < 1.29 is 5.11 Å². The van der Waals surface area contributed by atoms with E-state index in [1.165, 1.54) is 31.2 Å². The molecule has 0 amide bonds. The molecular weight excluding hydrogens is 234 g/mol. The summed E-state index contributed by atoms with van der Waals surface area (Å²) in [7, 11) is 0. The first kappa shape index (κ1) is 14.4. The van der Waals surface area contributed by atoms with Crippen LogP contribution in [-0.2, 0) is 0 Å². The Kier molecular flexibility index (Phi) is 4.87. The van der Waals surface area contributed by atoms with Crippen LogP contribution in [0.25, 0.3) is 0 Å². The highest BCUT2D eigenvalue weighted by Gasteiger charge is 2.28. The minimum Gasteiger partial charge on any atom is -0.508 e. The first-order valence-electron chi connectivity index (χ1n) is 7.63. The molecule has 0 saturated heterocycles. The fourth-order valence-corrected chi connectivity index (χ4v) is 3.38. The molecule has 2 heteroatoms. The zero-order chi connectivity index (χ0) is 13.8. The zero-order valence-corrected chi connectivity index (χ0v) is 12.4. The molecule has 3 atom stereocenters. The molecule has 19 heavy (non-hydrogen) atoms. The van der Waals surface area contributed by atoms with Crippen molar-refractivity contribution in [3.63, 3.8) is 0 Å². The standard InChI is InChI=1S/C17H27NO/c1-12(2)16-9-4-5-10-17(16)18-13(3)14-7-6-8-15(19)11-14/h6-8,11-13,16-19H,4-5,9-10H2,1-3H3. The predicted octanol–water partition coefficient (Wildman–Crippen LogP) is 4.26. The van der Waals surface area contributed by atoms with E-state index in [0.29, 0.717) is 17.8 Å². The van der Waals surface area contributed by atoms with Gasteiger partial charge < -0.3 is 10.4 Å². The van der Waals surface area contributed by atoms with Crippen LogP contribution in [0.4, 0.5) is 0 Å². The van der Waals surface area contributed by atoms with Crippen LogP contribution >= 0.6 is 0 Å². The van der Waals surface area contributed by atoms with Gasteiger partial charge in [-0.25, -0.2) is 0 Å². The Morgan fingerprint density at radius 1 is 1.16 bits per heavy atom. The lowest BCUT2D eigenvalue weighted by Gasteiger charge is -2.37. The van der Waals surface area contributed by atoms with Gasteiger partial charge >= 0.3 is 0 Å². The number of hydrogen-bond acceptors (Lipinski definition) is 2. The molecule has 2 rings (SSSR count). The Morgan fingerprint density at radius 2 is 1.89 bits per heavy atom. The number of aromatic hydroxyl groups is 1. The van der Waals surface area contributed by atoms with Gasteiger partial charge in [0, 0.05) is 12.1 Å². The molecule has 2 N–H and O–H groups in total. The van der Waals surface area contributed by atoms with Gasteiger partial charge in [0.2, 0.25) is 0 Å². The normalized spacial score (nSPS) is 25.5. The number of phenols is 1. The smallest absolute Gasteiger partial charge is 0.115 e. The Hall–Kier alpha value is -1.02. The maximum absolute atomic E-state index is 9.58. The minimum absolute atomic E-state index is 0.302. The van der Waals surface area contributed by atoms with Gasteiger partial charge in [-0.15, -0.1) is 0 Å². The SMILES string of the molecule is CC(NC1CCCCC1C(C)C)c1cccc(O)c1. The fraction of sp³-hybridized carbons (Fsp3) is 0.647. The van der Waals surface area contributed by atoms with Crippen molar-refractivity contribution in [3.05, 3.63) is 29.8 Å². The average molecular weight is 261 g/mol. The molecule has 2 nitrogen and oxygen atoms in total. The molecular formula is C17H27NO. The van der Waals surface area contributed by atoms with Crippen molar-refractivity contribution in [3.8, 4) is 5.75 Å². The predicted molar refractivity (Wildman–Crippen MR) is 80.2 cm³/mol. The van der Waals surface area contributed by atoms with Gasteiger partial charge in [0.15, 0.2) is 0 Å². The molecule has 0 heterocycles. The van der Waals surface area contributed by atoms with E-state index in [0.717, 1.165) is 11.8 Å². The Labute approximate surface area is 117 Å². The van der Waals surface area contributed by atoms with Gasteiger partial charge in [0.25, 0.3) is 0 Å². The molecule has 1 fully saturated rings. The lowest BCUT2D eigenvalue weighted by molar-refractivity contribution is 0.195. The molecule has 0 spiro atoms. The second-order valence-corrected chi connectivity index (χ2v) is 6.28. The van der Waals surface area contributed by atoms with Crippen LogP contribution in [0.5, 0.6) is 5.75 Å². The highest BCUT2D eigenvalue weighted by molar-refractivity contribution is 5.29. The molecule has 0 aliphatic heterocycles. The molecule has 1 aromatic rings. The van der Waals surface area contributed by atoms with E-state index in [9.17, 15) is 5.11 Å².